The van der Waals surface area contributed by atoms with Crippen LogP contribution in [0.2, 0.25) is 0 Å². The molecule has 0 aromatic heterocycles. The standard InChI is InChI=1S/C21H36/c1-13-15(3)20(11)18(7,8)14(2)16(4)21(12,17(13,5)6)19(20,9)10/h1-12H3. The molecule has 21 heavy (non-hydrogen) atoms. The summed E-state index contributed by atoms with van der Waals surface area (Å²) in [4.78, 5) is 0. The molecule has 2 bridgehead atoms. The minimum Gasteiger partial charge on any atom is -0.0673 e. The molecule has 0 saturated heterocycles. The summed E-state index contributed by atoms with van der Waals surface area (Å²) < 4.78 is 0. The van der Waals surface area contributed by atoms with E-state index in [4.69, 9.17) is 0 Å². The Morgan fingerprint density at radius 3 is 0.905 bits per heavy atom. The molecular formula is C21H36. The maximum absolute atomic E-state index is 2.52. The Bertz CT molecular complexity index is 515. The van der Waals surface area contributed by atoms with Gasteiger partial charge in [0.05, 0.1) is 0 Å². The van der Waals surface area contributed by atoms with Crippen LogP contribution in [0.3, 0.4) is 0 Å². The van der Waals surface area contributed by atoms with Gasteiger partial charge in [-0.2, -0.15) is 0 Å². The topological polar surface area (TPSA) is 0 Å². The third-order valence-electron chi connectivity index (χ3n) is 9.50. The second-order valence-electron chi connectivity index (χ2n) is 9.62. The summed E-state index contributed by atoms with van der Waals surface area (Å²) in [6.45, 7) is 29.5. The van der Waals surface area contributed by atoms with Crippen LogP contribution in [0.15, 0.2) is 22.3 Å². The zero-order chi connectivity index (χ0) is 16.8. The summed E-state index contributed by atoms with van der Waals surface area (Å²) >= 11 is 0. The lowest BCUT2D eigenvalue weighted by molar-refractivity contribution is -0.135. The fourth-order valence-electron chi connectivity index (χ4n) is 6.38. The van der Waals surface area contributed by atoms with Gasteiger partial charge in [-0.05, 0) is 43.9 Å². The number of fused-ring (bicyclic) bond motifs is 2. The van der Waals surface area contributed by atoms with Gasteiger partial charge in [-0.3, -0.25) is 0 Å². The molecule has 0 amide bonds. The van der Waals surface area contributed by atoms with E-state index >= 15 is 0 Å². The van der Waals surface area contributed by atoms with Crippen molar-refractivity contribution >= 4 is 0 Å². The third-order valence-corrected chi connectivity index (χ3v) is 9.50. The maximum atomic E-state index is 2.52. The van der Waals surface area contributed by atoms with Crippen molar-refractivity contribution < 1.29 is 0 Å². The molecule has 0 radical (unpaired) electrons. The van der Waals surface area contributed by atoms with Crippen LogP contribution in [0.25, 0.3) is 0 Å². The Morgan fingerprint density at radius 1 is 0.429 bits per heavy atom. The number of rotatable bonds is 0. The van der Waals surface area contributed by atoms with Gasteiger partial charge in [0.25, 0.3) is 0 Å². The first-order valence-electron chi connectivity index (χ1n) is 8.50. The van der Waals surface area contributed by atoms with E-state index in [2.05, 4.69) is 83.1 Å². The predicted octanol–water partition coefficient (Wildman–Crippen LogP) is 6.78. The van der Waals surface area contributed by atoms with Crippen LogP contribution in [0.4, 0.5) is 0 Å². The Labute approximate surface area is 133 Å². The molecule has 0 heteroatoms. The van der Waals surface area contributed by atoms with Crippen LogP contribution in [-0.4, -0.2) is 0 Å². The van der Waals surface area contributed by atoms with E-state index < -0.39 is 0 Å². The van der Waals surface area contributed by atoms with Crippen LogP contribution in [-0.2, 0) is 0 Å². The lowest BCUT2D eigenvalue weighted by atomic mass is 9.30. The summed E-state index contributed by atoms with van der Waals surface area (Å²) in [7, 11) is 0. The highest BCUT2D eigenvalue weighted by Crippen LogP contribution is 2.78. The van der Waals surface area contributed by atoms with Gasteiger partial charge in [-0.25, -0.2) is 0 Å². The molecule has 0 fully saturated rings. The zero-order valence-electron chi connectivity index (χ0n) is 16.5. The van der Waals surface area contributed by atoms with Crippen molar-refractivity contribution in [3.63, 3.8) is 0 Å². The highest BCUT2D eigenvalue weighted by atomic mass is 14.7. The predicted molar refractivity (Wildman–Crippen MR) is 94.3 cm³/mol. The molecular weight excluding hydrogens is 252 g/mol. The van der Waals surface area contributed by atoms with Crippen molar-refractivity contribution in [2.24, 2.45) is 27.1 Å². The summed E-state index contributed by atoms with van der Waals surface area (Å²) in [5.41, 5.74) is 7.44. The van der Waals surface area contributed by atoms with E-state index in [0.29, 0.717) is 0 Å². The first-order chi connectivity index (χ1) is 9.13. The molecule has 2 rings (SSSR count). The molecule has 0 nitrogen and oxygen atoms in total. The molecule has 0 saturated carbocycles. The van der Waals surface area contributed by atoms with Crippen molar-refractivity contribution in [3.05, 3.63) is 22.3 Å². The van der Waals surface area contributed by atoms with Gasteiger partial charge in [-0.15, -0.1) is 0 Å². The first kappa shape index (κ1) is 16.8. The van der Waals surface area contributed by atoms with Crippen molar-refractivity contribution in [1.82, 2.24) is 0 Å². The van der Waals surface area contributed by atoms with E-state index in [1.54, 1.807) is 22.3 Å². The van der Waals surface area contributed by atoms with Gasteiger partial charge in [0.1, 0.15) is 0 Å². The number of hydrogen-bond acceptors (Lipinski definition) is 0. The van der Waals surface area contributed by atoms with Crippen LogP contribution in [0.5, 0.6) is 0 Å². The molecule has 0 spiro atoms. The summed E-state index contributed by atoms with van der Waals surface area (Å²) in [6, 6.07) is 0. The minimum atomic E-state index is 0.192. The van der Waals surface area contributed by atoms with Crippen molar-refractivity contribution in [2.45, 2.75) is 83.1 Å². The quantitative estimate of drug-likeness (QED) is 0.431. The third kappa shape index (κ3) is 1.31. The van der Waals surface area contributed by atoms with Crippen molar-refractivity contribution in [2.75, 3.05) is 0 Å². The molecule has 2 aliphatic rings. The highest BCUT2D eigenvalue weighted by molar-refractivity contribution is 5.49. The molecule has 0 N–H and O–H groups in total. The smallest absolute Gasteiger partial charge is 0.00316 e. The van der Waals surface area contributed by atoms with Gasteiger partial charge >= 0.3 is 0 Å². The average Bonchev–Trinajstić information content (AvgIpc) is 2.38. The monoisotopic (exact) mass is 288 g/mol. The molecule has 0 heterocycles. The molecule has 0 aliphatic heterocycles. The number of allylic oxidation sites excluding steroid dienone is 4. The van der Waals surface area contributed by atoms with Gasteiger partial charge in [-0.1, -0.05) is 77.7 Å². The van der Waals surface area contributed by atoms with E-state index in [1.807, 2.05) is 0 Å². The fraction of sp³-hybridized carbons (Fsp3) is 0.810. The largest absolute Gasteiger partial charge is 0.0673 e. The normalized spacial score (nSPS) is 40.6. The van der Waals surface area contributed by atoms with Crippen LogP contribution >= 0.6 is 0 Å². The van der Waals surface area contributed by atoms with E-state index in [1.165, 1.54) is 0 Å². The van der Waals surface area contributed by atoms with Crippen LogP contribution in [0, 0.1) is 27.1 Å². The molecule has 2 atom stereocenters. The lowest BCUT2D eigenvalue weighted by Crippen LogP contribution is -2.66. The Kier molecular flexibility index (Phi) is 3.10. The van der Waals surface area contributed by atoms with Gasteiger partial charge in [0, 0.05) is 10.8 Å². The average molecular weight is 289 g/mol. The second-order valence-corrected chi connectivity index (χ2v) is 9.62. The van der Waals surface area contributed by atoms with E-state index in [-0.39, 0.29) is 27.1 Å². The van der Waals surface area contributed by atoms with Crippen LogP contribution < -0.4 is 0 Å². The number of hydrogen-bond donors (Lipinski definition) is 0. The van der Waals surface area contributed by atoms with Crippen molar-refractivity contribution in [3.8, 4) is 0 Å². The zero-order valence-corrected chi connectivity index (χ0v) is 16.5. The minimum absolute atomic E-state index is 0.192. The van der Waals surface area contributed by atoms with Gasteiger partial charge in [0.2, 0.25) is 0 Å². The molecule has 120 valence electrons. The summed E-state index contributed by atoms with van der Waals surface area (Å²) in [6.07, 6.45) is 0. The maximum Gasteiger partial charge on any atom is 0.00316 e. The molecule has 2 unspecified atom stereocenters. The molecule has 2 aliphatic carbocycles. The van der Waals surface area contributed by atoms with E-state index in [0.717, 1.165) is 0 Å². The first-order valence-corrected chi connectivity index (χ1v) is 8.50. The van der Waals surface area contributed by atoms with E-state index in [9.17, 15) is 0 Å². The summed E-state index contributed by atoms with van der Waals surface area (Å²) in [5, 5.41) is 0. The fourth-order valence-corrected chi connectivity index (χ4v) is 6.38. The Morgan fingerprint density at radius 2 is 0.667 bits per heavy atom. The summed E-state index contributed by atoms with van der Waals surface area (Å²) in [5.74, 6) is 0. The SMILES string of the molecule is CC1=C(C)C2(C)C(C)(C)C(C)=C(C)C(C)(C1(C)C)C2(C)C. The van der Waals surface area contributed by atoms with Gasteiger partial charge < -0.3 is 0 Å². The Hall–Kier alpha value is -0.520. The lowest BCUT2D eigenvalue weighted by Gasteiger charge is -2.74. The Balaban J connectivity index is 3.09. The van der Waals surface area contributed by atoms with Gasteiger partial charge in [0.15, 0.2) is 0 Å². The molecule has 0 aromatic carbocycles. The van der Waals surface area contributed by atoms with Crippen molar-refractivity contribution in [1.29, 1.82) is 0 Å². The highest BCUT2D eigenvalue weighted by Gasteiger charge is 2.70. The van der Waals surface area contributed by atoms with Crippen LogP contribution in [0.1, 0.15) is 83.1 Å². The molecule has 0 aromatic rings. The second kappa shape index (κ2) is 3.87.